The fraction of sp³-hybridized carbons (Fsp3) is 0.250. The fourth-order valence-corrected chi connectivity index (χ4v) is 2.17. The molecule has 0 saturated heterocycles. The molecule has 2 amide bonds. The molecule has 128 valence electrons. The Hall–Kier alpha value is -3.36. The van der Waals surface area contributed by atoms with Crippen molar-refractivity contribution in [3.63, 3.8) is 0 Å². The molecule has 2 aromatic rings. The predicted molar refractivity (Wildman–Crippen MR) is 86.3 cm³/mol. The van der Waals surface area contributed by atoms with E-state index in [0.717, 1.165) is 0 Å². The van der Waals surface area contributed by atoms with Gasteiger partial charge in [0, 0.05) is 12.4 Å². The van der Waals surface area contributed by atoms with Gasteiger partial charge in [-0.05, 0) is 25.1 Å². The van der Waals surface area contributed by atoms with E-state index in [1.165, 1.54) is 6.21 Å². The Balaban J connectivity index is 1.65. The van der Waals surface area contributed by atoms with Gasteiger partial charge in [0.05, 0.1) is 13.2 Å². The smallest absolute Gasteiger partial charge is 0.260 e. The Bertz CT molecular complexity index is 843. The topological polar surface area (TPSA) is 120 Å². The number of hydrogen-bond acceptors (Lipinski definition) is 7. The summed E-state index contributed by atoms with van der Waals surface area (Å²) in [5.41, 5.74) is 0.309. The van der Waals surface area contributed by atoms with Crippen molar-refractivity contribution in [1.82, 2.24) is 20.4 Å². The van der Waals surface area contributed by atoms with E-state index in [4.69, 9.17) is 9.26 Å². The number of nitrogens with one attached hydrogen (secondary N) is 1. The summed E-state index contributed by atoms with van der Waals surface area (Å²) in [5, 5.41) is 6.42. The summed E-state index contributed by atoms with van der Waals surface area (Å²) in [4.78, 5) is 35.8. The lowest BCUT2D eigenvalue weighted by Crippen LogP contribution is -2.24. The monoisotopic (exact) mass is 341 g/mol. The van der Waals surface area contributed by atoms with Crippen LogP contribution in [0.5, 0.6) is 5.88 Å². The highest BCUT2D eigenvalue weighted by Crippen LogP contribution is 2.18. The highest BCUT2D eigenvalue weighted by atomic mass is 16.5. The lowest BCUT2D eigenvalue weighted by molar-refractivity contribution is -0.118. The minimum Gasteiger partial charge on any atom is -0.477 e. The van der Waals surface area contributed by atoms with E-state index in [9.17, 15) is 9.59 Å². The molecule has 2 aromatic heterocycles. The number of pyridine rings is 1. The summed E-state index contributed by atoms with van der Waals surface area (Å²) in [6, 6.07) is 3.25. The van der Waals surface area contributed by atoms with Crippen LogP contribution in [0.1, 0.15) is 34.9 Å². The van der Waals surface area contributed by atoms with E-state index in [1.54, 1.807) is 37.4 Å². The first-order chi connectivity index (χ1) is 12.2. The summed E-state index contributed by atoms with van der Waals surface area (Å²) < 4.78 is 10.4. The number of dihydropyridines is 1. The first kappa shape index (κ1) is 16.5. The number of aromatic nitrogens is 3. The van der Waals surface area contributed by atoms with Gasteiger partial charge in [-0.3, -0.25) is 9.59 Å². The molecule has 0 aromatic carbocycles. The number of nitrogens with zero attached hydrogens (tertiary/aromatic N) is 4. The second-order valence-corrected chi connectivity index (χ2v) is 5.00. The molecule has 0 fully saturated rings. The molecule has 0 radical (unpaired) electrons. The van der Waals surface area contributed by atoms with Gasteiger partial charge in [-0.2, -0.15) is 4.98 Å². The van der Waals surface area contributed by atoms with E-state index in [0.29, 0.717) is 12.2 Å². The van der Waals surface area contributed by atoms with Gasteiger partial charge in [0.25, 0.3) is 11.8 Å². The molecule has 0 bridgehead atoms. The van der Waals surface area contributed by atoms with Gasteiger partial charge in [0.2, 0.25) is 11.8 Å². The van der Waals surface area contributed by atoms with Crippen molar-refractivity contribution in [1.29, 1.82) is 0 Å². The number of aliphatic imine (C=N–C) groups is 1. The number of amides is 2. The Morgan fingerprint density at radius 1 is 1.44 bits per heavy atom. The third-order valence-corrected chi connectivity index (χ3v) is 3.32. The Labute approximate surface area is 142 Å². The molecule has 3 rings (SSSR count). The zero-order valence-corrected chi connectivity index (χ0v) is 13.4. The Morgan fingerprint density at radius 3 is 3.12 bits per heavy atom. The summed E-state index contributed by atoms with van der Waals surface area (Å²) in [7, 11) is 0. The van der Waals surface area contributed by atoms with Crippen LogP contribution < -0.4 is 10.1 Å². The van der Waals surface area contributed by atoms with Crippen molar-refractivity contribution in [2.24, 2.45) is 4.99 Å². The van der Waals surface area contributed by atoms with E-state index >= 15 is 0 Å². The first-order valence-electron chi connectivity index (χ1n) is 7.62. The van der Waals surface area contributed by atoms with Crippen LogP contribution in [-0.4, -0.2) is 39.8 Å². The van der Waals surface area contributed by atoms with Gasteiger partial charge < -0.3 is 14.6 Å². The average Bonchev–Trinajstić information content (AvgIpc) is 3.09. The van der Waals surface area contributed by atoms with Crippen LogP contribution in [0.2, 0.25) is 0 Å². The zero-order chi connectivity index (χ0) is 17.6. The Morgan fingerprint density at radius 2 is 2.32 bits per heavy atom. The minimum atomic E-state index is -0.666. The summed E-state index contributed by atoms with van der Waals surface area (Å²) >= 11 is 0. The third-order valence-electron chi connectivity index (χ3n) is 3.32. The number of allylic oxidation sites excluding steroid dienone is 1. The van der Waals surface area contributed by atoms with Crippen LogP contribution in [0, 0.1) is 0 Å². The maximum absolute atomic E-state index is 12.3. The van der Waals surface area contributed by atoms with Crippen LogP contribution in [0.4, 0.5) is 0 Å². The second kappa shape index (κ2) is 7.47. The van der Waals surface area contributed by atoms with Gasteiger partial charge in [-0.15, -0.1) is 0 Å². The molecule has 1 unspecified atom stereocenters. The van der Waals surface area contributed by atoms with Crippen LogP contribution >= 0.6 is 0 Å². The molecular weight excluding hydrogens is 326 g/mol. The number of carbonyl (C=O) groups is 2. The van der Waals surface area contributed by atoms with Crippen molar-refractivity contribution in [3.05, 3.63) is 47.8 Å². The van der Waals surface area contributed by atoms with Crippen molar-refractivity contribution in [3.8, 4) is 5.88 Å². The highest BCUT2D eigenvalue weighted by molar-refractivity contribution is 5.97. The molecule has 3 heterocycles. The lowest BCUT2D eigenvalue weighted by Gasteiger charge is -2.08. The first-order valence-corrected chi connectivity index (χ1v) is 7.62. The Kier molecular flexibility index (Phi) is 4.93. The van der Waals surface area contributed by atoms with Gasteiger partial charge in [-0.25, -0.2) is 9.98 Å². The maximum Gasteiger partial charge on any atom is 0.260 e. The molecule has 1 aliphatic heterocycles. The quantitative estimate of drug-likeness (QED) is 0.833. The molecule has 0 saturated carbocycles. The van der Waals surface area contributed by atoms with Crippen LogP contribution in [0.15, 0.2) is 40.0 Å². The van der Waals surface area contributed by atoms with E-state index in [-0.39, 0.29) is 36.0 Å². The number of ether oxygens (including phenoxy) is 1. The van der Waals surface area contributed by atoms with Crippen molar-refractivity contribution >= 4 is 18.0 Å². The van der Waals surface area contributed by atoms with Gasteiger partial charge in [0.1, 0.15) is 11.5 Å². The van der Waals surface area contributed by atoms with Crippen LogP contribution in [0.25, 0.3) is 0 Å². The second-order valence-electron chi connectivity index (χ2n) is 5.00. The number of rotatable bonds is 6. The van der Waals surface area contributed by atoms with Crippen LogP contribution in [0.3, 0.4) is 0 Å². The summed E-state index contributed by atoms with van der Waals surface area (Å²) in [6.45, 7) is 2.22. The molecule has 0 aliphatic carbocycles. The molecule has 9 heteroatoms. The minimum absolute atomic E-state index is 0.0141. The molecule has 1 N–H and O–H groups in total. The largest absolute Gasteiger partial charge is 0.477 e. The van der Waals surface area contributed by atoms with Gasteiger partial charge >= 0.3 is 0 Å². The average molecular weight is 341 g/mol. The van der Waals surface area contributed by atoms with E-state index < -0.39 is 5.92 Å². The SMILES string of the molecule is CCOc1ncccc1C(=O)NCc1nc(C2C=CC=NC2=O)no1. The predicted octanol–water partition coefficient (Wildman–Crippen LogP) is 1.04. The summed E-state index contributed by atoms with van der Waals surface area (Å²) in [5.74, 6) is -0.768. The number of hydrogen-bond donors (Lipinski definition) is 1. The molecule has 25 heavy (non-hydrogen) atoms. The lowest BCUT2D eigenvalue weighted by atomic mass is 10.1. The highest BCUT2D eigenvalue weighted by Gasteiger charge is 2.24. The third kappa shape index (κ3) is 3.77. The zero-order valence-electron chi connectivity index (χ0n) is 13.4. The van der Waals surface area contributed by atoms with Gasteiger partial charge in [-0.1, -0.05) is 11.2 Å². The van der Waals surface area contributed by atoms with E-state index in [2.05, 4.69) is 25.4 Å². The van der Waals surface area contributed by atoms with Crippen molar-refractivity contribution in [2.45, 2.75) is 19.4 Å². The normalized spacial score (nSPS) is 16.0. The molecule has 1 aliphatic rings. The van der Waals surface area contributed by atoms with E-state index in [1.807, 2.05) is 0 Å². The molecule has 0 spiro atoms. The molecular formula is C16H15N5O4. The maximum atomic E-state index is 12.3. The molecule has 9 nitrogen and oxygen atoms in total. The van der Waals surface area contributed by atoms with Crippen LogP contribution in [-0.2, 0) is 11.3 Å². The van der Waals surface area contributed by atoms with Gasteiger partial charge in [0.15, 0.2) is 5.82 Å². The molecule has 1 atom stereocenters. The standard InChI is InChI=1S/C16H15N5O4/c1-2-24-16-11(6-4-8-18-16)15(23)19-9-12-20-13(21-25-12)10-5-3-7-17-14(10)22/h3-8,10H,2,9H2,1H3,(H,19,23). The van der Waals surface area contributed by atoms with Crippen molar-refractivity contribution in [2.75, 3.05) is 6.61 Å². The number of carbonyl (C=O) groups excluding carboxylic acids is 2. The summed E-state index contributed by atoms with van der Waals surface area (Å²) in [6.07, 6.45) is 6.22. The fourth-order valence-electron chi connectivity index (χ4n) is 2.17. The van der Waals surface area contributed by atoms with Crippen molar-refractivity contribution < 1.29 is 18.8 Å².